The van der Waals surface area contributed by atoms with E-state index in [4.69, 9.17) is 0 Å². The molecule has 0 saturated heterocycles. The average molecular weight is 1280 g/mol. The zero-order valence-electron chi connectivity index (χ0n) is 58.6. The van der Waals surface area contributed by atoms with Gasteiger partial charge in [-0.3, -0.25) is 0 Å². The van der Waals surface area contributed by atoms with Gasteiger partial charge in [0, 0.05) is 78.1 Å². The fourth-order valence-electron chi connectivity index (χ4n) is 14.8. The lowest BCUT2D eigenvalue weighted by Crippen LogP contribution is -2.17. The minimum Gasteiger partial charge on any atom is -0.356 e. The molecular weight excluding hydrogens is 1200 g/mol. The minimum atomic E-state index is -0.392. The second kappa shape index (κ2) is 26.7. The van der Waals surface area contributed by atoms with E-state index in [1.54, 1.807) is 0 Å². The van der Waals surface area contributed by atoms with Crippen molar-refractivity contribution in [3.05, 3.63) is 343 Å². The van der Waals surface area contributed by atoms with Gasteiger partial charge in [0.1, 0.15) is 0 Å². The molecule has 0 spiro atoms. The van der Waals surface area contributed by atoms with Crippen LogP contribution < -0.4 is 20.0 Å². The standard InChI is InChI=1S/C95H86N4/c1-62(2)66-26-40-76(41-27-66)96-77-42-56-85-87-60-89-90(61-92(87)95(9,10)91(85)58-77)93(98(80-45-30-68(31-46-80)64(5)6)82-51-36-74(37-52-82)71-22-16-12-17-23-71)86-57-55-84(97(78-43-28-67(29-44-78)63(3)4)79-49-34-73(35-50-79)70-20-14-11-15-21-70)59-88(86)94(89)99(81-47-32-69(33-48-81)65(7)8)83-53-38-75(39-54-83)72-24-18-13-19-25-72/h11-65,96H,1-10H3. The molecule has 0 amide bonds. The van der Waals surface area contributed by atoms with Crippen molar-refractivity contribution in [3.63, 3.8) is 0 Å². The van der Waals surface area contributed by atoms with Gasteiger partial charge >= 0.3 is 0 Å². The Balaban J connectivity index is 1.07. The van der Waals surface area contributed by atoms with Crippen LogP contribution in [0.15, 0.2) is 309 Å². The van der Waals surface area contributed by atoms with Gasteiger partial charge in [-0.05, 0) is 223 Å². The molecule has 4 heteroatoms. The van der Waals surface area contributed by atoms with Crippen LogP contribution in [0.3, 0.4) is 0 Å². The quantitative estimate of drug-likeness (QED) is 0.0683. The van der Waals surface area contributed by atoms with Crippen molar-refractivity contribution in [3.8, 4) is 44.5 Å². The maximum atomic E-state index is 3.83. The maximum Gasteiger partial charge on any atom is 0.0620 e. The van der Waals surface area contributed by atoms with Crippen molar-refractivity contribution in [1.82, 2.24) is 0 Å². The van der Waals surface area contributed by atoms with Crippen LogP contribution >= 0.6 is 0 Å². The number of anilines is 11. The summed E-state index contributed by atoms with van der Waals surface area (Å²) in [5.41, 5.74) is 28.7. The minimum absolute atomic E-state index is 0.345. The van der Waals surface area contributed by atoms with Crippen LogP contribution in [-0.2, 0) is 5.41 Å². The highest BCUT2D eigenvalue weighted by Gasteiger charge is 2.38. The summed E-state index contributed by atoms with van der Waals surface area (Å²) in [6, 6.07) is 116. The highest BCUT2D eigenvalue weighted by Crippen LogP contribution is 2.58. The Kier molecular flexibility index (Phi) is 17.2. The largest absolute Gasteiger partial charge is 0.356 e. The monoisotopic (exact) mass is 1280 g/mol. The Morgan fingerprint density at radius 1 is 0.242 bits per heavy atom. The molecule has 0 unspecified atom stereocenters. The normalized spacial score (nSPS) is 12.4. The van der Waals surface area contributed by atoms with Gasteiger partial charge in [0.2, 0.25) is 0 Å². The summed E-state index contributed by atoms with van der Waals surface area (Å²) >= 11 is 0. The van der Waals surface area contributed by atoms with Gasteiger partial charge in [-0.1, -0.05) is 257 Å². The molecule has 486 valence electrons. The molecule has 14 aromatic carbocycles. The average Bonchev–Trinajstić information content (AvgIpc) is 1.66. The van der Waals surface area contributed by atoms with Gasteiger partial charge < -0.3 is 20.0 Å². The lowest BCUT2D eigenvalue weighted by atomic mass is 9.81. The zero-order valence-corrected chi connectivity index (χ0v) is 58.6. The van der Waals surface area contributed by atoms with Crippen LogP contribution in [0.4, 0.5) is 62.6 Å². The molecule has 4 nitrogen and oxygen atoms in total. The third-order valence-electron chi connectivity index (χ3n) is 20.6. The highest BCUT2D eigenvalue weighted by molar-refractivity contribution is 6.25. The van der Waals surface area contributed by atoms with E-state index >= 15 is 0 Å². The molecule has 1 aliphatic rings. The van der Waals surface area contributed by atoms with Crippen molar-refractivity contribution < 1.29 is 0 Å². The molecule has 99 heavy (non-hydrogen) atoms. The number of nitrogens with zero attached hydrogens (tertiary/aromatic N) is 3. The van der Waals surface area contributed by atoms with E-state index in [1.807, 2.05) is 0 Å². The fraction of sp³-hybridized carbons (Fsp3) is 0.158. The predicted octanol–water partition coefficient (Wildman–Crippen LogP) is 27.9. The van der Waals surface area contributed by atoms with Gasteiger partial charge in [0.05, 0.1) is 11.4 Å². The highest BCUT2D eigenvalue weighted by atomic mass is 15.2. The first-order valence-electron chi connectivity index (χ1n) is 35.4. The first-order chi connectivity index (χ1) is 48.1. The third-order valence-corrected chi connectivity index (χ3v) is 20.6. The van der Waals surface area contributed by atoms with E-state index in [0.717, 1.165) is 89.7 Å². The van der Waals surface area contributed by atoms with E-state index in [2.05, 4.69) is 399 Å². The Bertz CT molecular complexity index is 5170. The molecule has 0 aliphatic heterocycles. The van der Waals surface area contributed by atoms with E-state index in [0.29, 0.717) is 23.7 Å². The molecule has 0 bridgehead atoms. The van der Waals surface area contributed by atoms with Gasteiger partial charge in [-0.25, -0.2) is 0 Å². The summed E-state index contributed by atoms with van der Waals surface area (Å²) in [6.45, 7) is 23.0. The van der Waals surface area contributed by atoms with Gasteiger partial charge in [0.15, 0.2) is 0 Å². The summed E-state index contributed by atoms with van der Waals surface area (Å²) in [6.07, 6.45) is 0. The van der Waals surface area contributed by atoms with Crippen molar-refractivity contribution in [2.45, 2.75) is 98.3 Å². The van der Waals surface area contributed by atoms with Crippen LogP contribution in [0, 0.1) is 0 Å². The number of rotatable bonds is 18. The molecular formula is C95H86N4. The summed E-state index contributed by atoms with van der Waals surface area (Å²) in [5, 5.41) is 8.33. The van der Waals surface area contributed by atoms with Crippen molar-refractivity contribution >= 4 is 84.1 Å². The van der Waals surface area contributed by atoms with Crippen LogP contribution in [0.2, 0.25) is 0 Å². The molecule has 0 atom stereocenters. The van der Waals surface area contributed by atoms with Crippen LogP contribution in [-0.4, -0.2) is 0 Å². The number of hydrogen-bond acceptors (Lipinski definition) is 4. The molecule has 0 fully saturated rings. The Morgan fingerprint density at radius 2 is 0.545 bits per heavy atom. The smallest absolute Gasteiger partial charge is 0.0620 e. The first kappa shape index (κ1) is 63.8. The number of fused-ring (bicyclic) bond motifs is 5. The third kappa shape index (κ3) is 12.4. The van der Waals surface area contributed by atoms with Crippen LogP contribution in [0.1, 0.15) is 126 Å². The number of hydrogen-bond donors (Lipinski definition) is 1. The van der Waals surface area contributed by atoms with E-state index in [9.17, 15) is 0 Å². The SMILES string of the molecule is CC(C)c1ccc(Nc2ccc3c(c2)C(C)(C)c2cc4c(N(c5ccc(-c6ccccc6)cc5)c5ccc(C(C)C)cc5)c5ccc(N(c6ccc(-c7ccccc7)cc6)c6ccc(C(C)C)cc6)cc5c(N(c5ccc(-c6ccccc6)cc5)c5ccc(C(C)C)cc5)c4cc2-3)cc1. The fourth-order valence-corrected chi connectivity index (χ4v) is 14.8. The topological polar surface area (TPSA) is 21.8 Å². The number of nitrogens with one attached hydrogen (secondary N) is 1. The zero-order chi connectivity index (χ0) is 68.1. The summed E-state index contributed by atoms with van der Waals surface area (Å²) < 4.78 is 0. The Labute approximate surface area is 586 Å². The number of benzene rings is 14. The van der Waals surface area contributed by atoms with Gasteiger partial charge in [0.25, 0.3) is 0 Å². The van der Waals surface area contributed by atoms with Gasteiger partial charge in [-0.2, -0.15) is 0 Å². The van der Waals surface area contributed by atoms with E-state index in [-0.39, 0.29) is 0 Å². The Hall–Kier alpha value is -11.2. The first-order valence-corrected chi connectivity index (χ1v) is 35.4. The van der Waals surface area contributed by atoms with Crippen LogP contribution in [0.5, 0.6) is 0 Å². The van der Waals surface area contributed by atoms with Crippen LogP contribution in [0.25, 0.3) is 66.1 Å². The molecule has 15 rings (SSSR count). The lowest BCUT2D eigenvalue weighted by molar-refractivity contribution is 0.661. The summed E-state index contributed by atoms with van der Waals surface area (Å²) in [5.74, 6) is 1.53. The lowest BCUT2D eigenvalue weighted by Gasteiger charge is -2.34. The summed E-state index contributed by atoms with van der Waals surface area (Å²) in [4.78, 5) is 7.58. The molecule has 0 saturated carbocycles. The summed E-state index contributed by atoms with van der Waals surface area (Å²) in [7, 11) is 0. The van der Waals surface area contributed by atoms with Crippen molar-refractivity contribution in [1.29, 1.82) is 0 Å². The molecule has 0 heterocycles. The Morgan fingerprint density at radius 3 is 0.939 bits per heavy atom. The van der Waals surface area contributed by atoms with Crippen molar-refractivity contribution in [2.75, 3.05) is 20.0 Å². The molecule has 0 aromatic heterocycles. The van der Waals surface area contributed by atoms with E-state index < -0.39 is 5.41 Å². The van der Waals surface area contributed by atoms with Gasteiger partial charge in [-0.15, -0.1) is 0 Å². The second-order valence-electron chi connectivity index (χ2n) is 28.6. The molecule has 1 aliphatic carbocycles. The predicted molar refractivity (Wildman–Crippen MR) is 425 cm³/mol. The second-order valence-corrected chi connectivity index (χ2v) is 28.6. The van der Waals surface area contributed by atoms with Crippen molar-refractivity contribution in [2.24, 2.45) is 0 Å². The van der Waals surface area contributed by atoms with E-state index in [1.165, 1.54) is 72.3 Å². The molecule has 1 N–H and O–H groups in total. The maximum absolute atomic E-state index is 3.83. The molecule has 14 aromatic rings. The molecule has 0 radical (unpaired) electrons.